The van der Waals surface area contributed by atoms with Crippen molar-refractivity contribution in [2.75, 3.05) is 0 Å². The van der Waals surface area contributed by atoms with Crippen LogP contribution < -0.4 is 0 Å². The molecule has 1 fully saturated rings. The fraction of sp³-hybridized carbons (Fsp3) is 0.538. The highest BCUT2D eigenvalue weighted by atomic mass is 19.1. The van der Waals surface area contributed by atoms with Crippen LogP contribution in [0.15, 0.2) is 18.2 Å². The highest BCUT2D eigenvalue weighted by Gasteiger charge is 2.24. The minimum atomic E-state index is -0.291. The number of aliphatic hydroxyl groups excluding tert-OH is 1. The van der Waals surface area contributed by atoms with Crippen LogP contribution in [-0.4, -0.2) is 11.2 Å². The second-order valence-electron chi connectivity index (χ2n) is 4.47. The second kappa shape index (κ2) is 4.31. The molecule has 0 unspecified atom stereocenters. The molecule has 2 atom stereocenters. The smallest absolute Gasteiger partial charge is 0.126 e. The molecule has 0 saturated heterocycles. The van der Waals surface area contributed by atoms with Crippen molar-refractivity contribution in [2.45, 2.75) is 44.6 Å². The first-order chi connectivity index (χ1) is 7.18. The molecule has 0 radical (unpaired) electrons. The minimum absolute atomic E-state index is 0.133. The molecule has 1 saturated carbocycles. The van der Waals surface area contributed by atoms with E-state index < -0.39 is 0 Å². The van der Waals surface area contributed by atoms with Crippen molar-refractivity contribution in [1.82, 2.24) is 0 Å². The molecule has 0 heterocycles. The van der Waals surface area contributed by atoms with E-state index in [0.717, 1.165) is 31.2 Å². The first-order valence-corrected chi connectivity index (χ1v) is 5.62. The van der Waals surface area contributed by atoms with E-state index in [4.69, 9.17) is 0 Å². The van der Waals surface area contributed by atoms with Crippen molar-refractivity contribution in [1.29, 1.82) is 0 Å². The molecule has 1 aliphatic rings. The zero-order valence-electron chi connectivity index (χ0n) is 9.04. The highest BCUT2D eigenvalue weighted by molar-refractivity contribution is 5.27. The average molecular weight is 208 g/mol. The van der Waals surface area contributed by atoms with E-state index >= 15 is 0 Å². The summed E-state index contributed by atoms with van der Waals surface area (Å²) in [5.41, 5.74) is 1.62. The van der Waals surface area contributed by atoms with Crippen LogP contribution in [0.4, 0.5) is 4.39 Å². The van der Waals surface area contributed by atoms with Crippen LogP contribution in [0.2, 0.25) is 0 Å². The summed E-state index contributed by atoms with van der Waals surface area (Å²) in [5.74, 6) is -0.0286. The van der Waals surface area contributed by atoms with Crippen molar-refractivity contribution >= 4 is 0 Å². The van der Waals surface area contributed by atoms with Gasteiger partial charge in [-0.1, -0.05) is 25.0 Å². The molecule has 0 spiro atoms. The van der Waals surface area contributed by atoms with Crippen molar-refractivity contribution < 1.29 is 9.50 Å². The molecule has 1 aromatic rings. The van der Waals surface area contributed by atoms with Crippen LogP contribution in [-0.2, 0) is 0 Å². The first kappa shape index (κ1) is 10.6. The lowest BCUT2D eigenvalue weighted by atomic mass is 9.81. The van der Waals surface area contributed by atoms with Crippen LogP contribution in [0.5, 0.6) is 0 Å². The third-order valence-corrected chi connectivity index (χ3v) is 3.35. The molecule has 82 valence electrons. The van der Waals surface area contributed by atoms with Crippen molar-refractivity contribution in [2.24, 2.45) is 0 Å². The zero-order chi connectivity index (χ0) is 10.8. The Bertz CT molecular complexity index is 348. The van der Waals surface area contributed by atoms with Gasteiger partial charge in [0, 0.05) is 5.92 Å². The van der Waals surface area contributed by atoms with Gasteiger partial charge in [-0.2, -0.15) is 0 Å². The normalized spacial score (nSPS) is 26.6. The Balaban J connectivity index is 2.24. The summed E-state index contributed by atoms with van der Waals surface area (Å²) in [6.45, 7) is 1.76. The van der Waals surface area contributed by atoms with E-state index in [1.165, 1.54) is 0 Å². The molecule has 1 nitrogen and oxygen atoms in total. The summed E-state index contributed by atoms with van der Waals surface area (Å²) in [6, 6.07) is 5.32. The molecule has 0 amide bonds. The summed E-state index contributed by atoms with van der Waals surface area (Å²) in [6.07, 6.45) is 3.76. The maximum Gasteiger partial charge on any atom is 0.126 e. The Kier molecular flexibility index (Phi) is 3.06. The van der Waals surface area contributed by atoms with E-state index in [-0.39, 0.29) is 17.8 Å². The lowest BCUT2D eigenvalue weighted by Gasteiger charge is -2.28. The van der Waals surface area contributed by atoms with Gasteiger partial charge in [0.15, 0.2) is 0 Å². The lowest BCUT2D eigenvalue weighted by Crippen LogP contribution is -2.22. The zero-order valence-corrected chi connectivity index (χ0v) is 9.04. The number of hydrogen-bond donors (Lipinski definition) is 1. The van der Waals surface area contributed by atoms with Crippen LogP contribution in [0, 0.1) is 12.7 Å². The SMILES string of the molecule is Cc1ccc([C@H]2CCCC[C@@H]2O)cc1F. The fourth-order valence-corrected chi connectivity index (χ4v) is 2.34. The summed E-state index contributed by atoms with van der Waals surface area (Å²) in [4.78, 5) is 0. The topological polar surface area (TPSA) is 20.2 Å². The Labute approximate surface area is 89.9 Å². The van der Waals surface area contributed by atoms with Crippen molar-refractivity contribution in [3.05, 3.63) is 35.1 Å². The Morgan fingerprint density at radius 2 is 2.00 bits per heavy atom. The molecule has 1 aliphatic carbocycles. The van der Waals surface area contributed by atoms with Crippen LogP contribution in [0.1, 0.15) is 42.7 Å². The van der Waals surface area contributed by atoms with Gasteiger partial charge in [-0.15, -0.1) is 0 Å². The van der Waals surface area contributed by atoms with Crippen molar-refractivity contribution in [3.63, 3.8) is 0 Å². The Morgan fingerprint density at radius 1 is 1.27 bits per heavy atom. The van der Waals surface area contributed by atoms with Gasteiger partial charge in [-0.3, -0.25) is 0 Å². The average Bonchev–Trinajstić information content (AvgIpc) is 2.23. The summed E-state index contributed by atoms with van der Waals surface area (Å²) in [5, 5.41) is 9.86. The molecule has 15 heavy (non-hydrogen) atoms. The van der Waals surface area contributed by atoms with Gasteiger partial charge in [0.1, 0.15) is 5.82 Å². The van der Waals surface area contributed by atoms with Gasteiger partial charge < -0.3 is 5.11 Å². The quantitative estimate of drug-likeness (QED) is 0.751. The number of aliphatic hydroxyl groups is 1. The molecule has 2 heteroatoms. The van der Waals surface area contributed by atoms with Crippen LogP contribution in [0.25, 0.3) is 0 Å². The van der Waals surface area contributed by atoms with E-state index in [9.17, 15) is 9.50 Å². The molecule has 1 aromatic carbocycles. The summed E-state index contributed by atoms with van der Waals surface area (Å²) in [7, 11) is 0. The number of rotatable bonds is 1. The van der Waals surface area contributed by atoms with Gasteiger partial charge in [0.2, 0.25) is 0 Å². The van der Waals surface area contributed by atoms with Gasteiger partial charge in [0.05, 0.1) is 6.10 Å². The predicted molar refractivity (Wildman–Crippen MR) is 58.4 cm³/mol. The standard InChI is InChI=1S/C13H17FO/c1-9-6-7-10(8-12(9)14)11-4-2-3-5-13(11)15/h6-8,11,13,15H,2-5H2,1H3/t11-,13+/m1/s1. The van der Waals surface area contributed by atoms with Crippen LogP contribution >= 0.6 is 0 Å². The molecule has 2 rings (SSSR count). The molecule has 0 bridgehead atoms. The van der Waals surface area contributed by atoms with Gasteiger partial charge in [-0.25, -0.2) is 4.39 Å². The molecular formula is C13H17FO. The third-order valence-electron chi connectivity index (χ3n) is 3.35. The number of halogens is 1. The van der Waals surface area contributed by atoms with E-state index in [1.54, 1.807) is 19.1 Å². The van der Waals surface area contributed by atoms with Gasteiger partial charge >= 0.3 is 0 Å². The van der Waals surface area contributed by atoms with E-state index in [1.807, 2.05) is 6.07 Å². The Hall–Kier alpha value is -0.890. The number of aryl methyl sites for hydroxylation is 1. The predicted octanol–water partition coefficient (Wildman–Crippen LogP) is 3.15. The van der Waals surface area contributed by atoms with Gasteiger partial charge in [0.25, 0.3) is 0 Å². The number of hydrogen-bond acceptors (Lipinski definition) is 1. The molecular weight excluding hydrogens is 191 g/mol. The molecule has 0 aliphatic heterocycles. The molecule has 1 N–H and O–H groups in total. The third kappa shape index (κ3) is 2.20. The van der Waals surface area contributed by atoms with E-state index in [2.05, 4.69) is 0 Å². The summed E-state index contributed by atoms with van der Waals surface area (Å²) >= 11 is 0. The van der Waals surface area contributed by atoms with Crippen molar-refractivity contribution in [3.8, 4) is 0 Å². The summed E-state index contributed by atoms with van der Waals surface area (Å²) < 4.78 is 13.4. The fourth-order valence-electron chi connectivity index (χ4n) is 2.34. The monoisotopic (exact) mass is 208 g/mol. The highest BCUT2D eigenvalue weighted by Crippen LogP contribution is 2.33. The molecule has 0 aromatic heterocycles. The van der Waals surface area contributed by atoms with E-state index in [0.29, 0.717) is 5.56 Å². The van der Waals surface area contributed by atoms with Gasteiger partial charge in [-0.05, 0) is 37.0 Å². The Morgan fingerprint density at radius 3 is 2.67 bits per heavy atom. The minimum Gasteiger partial charge on any atom is -0.392 e. The second-order valence-corrected chi connectivity index (χ2v) is 4.47. The number of benzene rings is 1. The van der Waals surface area contributed by atoms with Crippen LogP contribution in [0.3, 0.4) is 0 Å². The lowest BCUT2D eigenvalue weighted by molar-refractivity contribution is 0.106. The maximum atomic E-state index is 13.4. The maximum absolute atomic E-state index is 13.4. The first-order valence-electron chi connectivity index (χ1n) is 5.62. The largest absolute Gasteiger partial charge is 0.392 e.